The van der Waals surface area contributed by atoms with Gasteiger partial charge in [-0.1, -0.05) is 26.0 Å². The molecule has 5 atom stereocenters. The van der Waals surface area contributed by atoms with E-state index in [-0.39, 0.29) is 17.9 Å². The van der Waals surface area contributed by atoms with Crippen LogP contribution in [0.25, 0.3) is 0 Å². The number of ether oxygens (including phenoxy) is 3. The van der Waals surface area contributed by atoms with Gasteiger partial charge in [-0.3, -0.25) is 43.2 Å². The fourth-order valence-corrected chi connectivity index (χ4v) is 6.63. The predicted molar refractivity (Wildman–Crippen MR) is 252 cm³/mol. The Kier molecular flexibility index (Phi) is 23.7. The Morgan fingerprint density at radius 3 is 1.30 bits per heavy atom. The summed E-state index contributed by atoms with van der Waals surface area (Å²) in [7, 11) is 0. The van der Waals surface area contributed by atoms with Crippen LogP contribution >= 0.6 is 0 Å². The number of primary amides is 1. The highest BCUT2D eigenvalue weighted by Crippen LogP contribution is 2.30. The summed E-state index contributed by atoms with van der Waals surface area (Å²) in [4.78, 5) is 123. The molecule has 9 amide bonds. The number of nitrogens with one attached hydrogen (secondary N) is 8. The molecule has 3 aromatic heterocycles. The van der Waals surface area contributed by atoms with Crippen molar-refractivity contribution in [1.29, 1.82) is 0 Å². The van der Waals surface area contributed by atoms with Crippen molar-refractivity contribution in [2.24, 2.45) is 11.7 Å². The second-order valence-electron chi connectivity index (χ2n) is 17.6. The summed E-state index contributed by atoms with van der Waals surface area (Å²) < 4.78 is 183. The lowest BCUT2D eigenvalue weighted by molar-refractivity contribution is -0.133. The molecule has 4 aromatic rings. The molecule has 24 nitrogen and oxygen atoms in total. The van der Waals surface area contributed by atoms with Gasteiger partial charge in [0.15, 0.2) is 0 Å². The van der Waals surface area contributed by atoms with E-state index in [9.17, 15) is 95.8 Å². The minimum atomic E-state index is -2.21. The number of pyridine rings is 3. The molecule has 1 aromatic carbocycles. The second-order valence-corrected chi connectivity index (χ2v) is 17.6. The minimum absolute atomic E-state index is 0.0734. The topological polar surface area (TPSA) is 342 Å². The first-order valence-corrected chi connectivity index (χ1v) is 23.6. The summed E-state index contributed by atoms with van der Waals surface area (Å²) >= 11 is 0. The zero-order valence-electron chi connectivity index (χ0n) is 43.1. The molecular weight excluding hydrogens is 1150 g/mol. The fraction of sp³-hybridized carbons (Fsp3) is 0.362. The highest BCUT2D eigenvalue weighted by molar-refractivity contribution is 5.96. The normalized spacial score (nSPS) is 12.8. The van der Waals surface area contributed by atoms with E-state index in [4.69, 9.17) is 19.9 Å². The number of hydrogen-bond acceptors (Lipinski definition) is 15. The third kappa shape index (κ3) is 19.0. The van der Waals surface area contributed by atoms with Gasteiger partial charge in [-0.05, 0) is 37.0 Å². The number of carbonyl (C=O) groups excluding carboxylic acids is 9. The van der Waals surface area contributed by atoms with E-state index in [2.05, 4.69) is 30.9 Å². The summed E-state index contributed by atoms with van der Waals surface area (Å²) in [5.74, 6) is -41.7. The van der Waals surface area contributed by atoms with Crippen LogP contribution in [-0.4, -0.2) is 131 Å². The van der Waals surface area contributed by atoms with Gasteiger partial charge >= 0.3 is 0 Å². The molecule has 3 unspecified atom stereocenters. The van der Waals surface area contributed by atoms with Gasteiger partial charge < -0.3 is 62.5 Å². The summed E-state index contributed by atoms with van der Waals surface area (Å²) in [6.07, 6.45) is -0.439. The molecule has 83 heavy (non-hydrogen) atoms. The molecule has 0 radical (unpaired) electrons. The molecule has 0 saturated carbocycles. The SMILES string of the molecule is CC(=O)N[C@H](Cc1ccc(Oc2c(F)c(F)nc(F)c2F)cc1)C(=O)NC(COc1c(F)c(F)nc(F)c1F)C(=O)NCC(=O)NCC(=O)NCC(=O)NC(COc1c(F)c(F)nc(F)c1F)C(=O)NC(C)C(=O)N[C@@H](CC(C)C)C(N)=O. The Morgan fingerprint density at radius 1 is 0.470 bits per heavy atom. The van der Waals surface area contributed by atoms with Gasteiger partial charge in [0.1, 0.15) is 49.2 Å². The molecule has 0 bridgehead atoms. The smallest absolute Gasteiger partial charge is 0.255 e. The third-order valence-electron chi connectivity index (χ3n) is 10.7. The first-order valence-electron chi connectivity index (χ1n) is 23.6. The van der Waals surface area contributed by atoms with Crippen LogP contribution in [0.3, 0.4) is 0 Å². The number of rotatable bonds is 28. The van der Waals surface area contributed by atoms with Crippen molar-refractivity contribution in [2.75, 3.05) is 32.8 Å². The van der Waals surface area contributed by atoms with Gasteiger partial charge in [0.25, 0.3) is 35.7 Å². The first kappa shape index (κ1) is 66.0. The van der Waals surface area contributed by atoms with Gasteiger partial charge in [-0.2, -0.15) is 67.6 Å². The second kappa shape index (κ2) is 29.8. The van der Waals surface area contributed by atoms with Gasteiger partial charge in [-0.25, -0.2) is 0 Å². The summed E-state index contributed by atoms with van der Waals surface area (Å²) in [6, 6.07) is -4.46. The van der Waals surface area contributed by atoms with Crippen LogP contribution in [0.2, 0.25) is 0 Å². The van der Waals surface area contributed by atoms with Gasteiger partial charge in [0.2, 0.25) is 105 Å². The maximum absolute atomic E-state index is 14.5. The lowest BCUT2D eigenvalue weighted by atomic mass is 10.0. The Balaban J connectivity index is 1.42. The van der Waals surface area contributed by atoms with Gasteiger partial charge in [-0.15, -0.1) is 0 Å². The van der Waals surface area contributed by atoms with Gasteiger partial charge in [0.05, 0.1) is 19.6 Å². The first-order chi connectivity index (χ1) is 38.9. The summed E-state index contributed by atoms with van der Waals surface area (Å²) in [5, 5.41) is 16.5. The van der Waals surface area contributed by atoms with Crippen molar-refractivity contribution in [3.8, 4) is 23.0 Å². The lowest BCUT2D eigenvalue weighted by Crippen LogP contribution is -2.57. The molecule has 0 spiro atoms. The van der Waals surface area contributed by atoms with E-state index in [1.54, 1.807) is 13.8 Å². The Morgan fingerprint density at radius 2 is 0.867 bits per heavy atom. The van der Waals surface area contributed by atoms with E-state index in [1.165, 1.54) is 0 Å². The number of nitrogens with zero attached hydrogens (tertiary/aromatic N) is 3. The fourth-order valence-electron chi connectivity index (χ4n) is 6.63. The van der Waals surface area contributed by atoms with Crippen LogP contribution in [0, 0.1) is 76.5 Å². The zero-order valence-corrected chi connectivity index (χ0v) is 43.1. The highest BCUT2D eigenvalue weighted by Gasteiger charge is 2.33. The summed E-state index contributed by atoms with van der Waals surface area (Å²) in [5.41, 5.74) is 5.43. The van der Waals surface area contributed by atoms with Crippen LogP contribution in [0.1, 0.15) is 39.7 Å². The van der Waals surface area contributed by atoms with E-state index in [0.717, 1.165) is 38.1 Å². The lowest BCUT2D eigenvalue weighted by Gasteiger charge is -2.23. The average Bonchev–Trinajstić information content (AvgIpc) is 3.43. The quantitative estimate of drug-likeness (QED) is 0.0274. The van der Waals surface area contributed by atoms with Crippen molar-refractivity contribution < 1.29 is 110 Å². The molecule has 0 aliphatic carbocycles. The predicted octanol–water partition coefficient (Wildman–Crippen LogP) is 0.377. The van der Waals surface area contributed by atoms with Crippen LogP contribution < -0.4 is 62.5 Å². The molecule has 0 saturated heterocycles. The molecule has 3 heterocycles. The van der Waals surface area contributed by atoms with E-state index in [0.29, 0.717) is 0 Å². The molecule has 4 rings (SSSR count). The van der Waals surface area contributed by atoms with Crippen LogP contribution in [0.15, 0.2) is 24.3 Å². The van der Waals surface area contributed by atoms with Crippen molar-refractivity contribution in [1.82, 2.24) is 57.5 Å². The number of amides is 9. The molecular formula is C47H46F12N12O12. The number of carbonyl (C=O) groups is 9. The summed E-state index contributed by atoms with van der Waals surface area (Å²) in [6.45, 7) is -0.485. The number of nitrogens with two attached hydrogens (primary N) is 1. The van der Waals surface area contributed by atoms with Crippen LogP contribution in [0.5, 0.6) is 23.0 Å². The van der Waals surface area contributed by atoms with Crippen molar-refractivity contribution in [3.63, 3.8) is 0 Å². The highest BCUT2D eigenvalue weighted by atomic mass is 19.2. The van der Waals surface area contributed by atoms with Crippen molar-refractivity contribution in [3.05, 3.63) is 100 Å². The maximum atomic E-state index is 14.5. The largest absolute Gasteiger partial charge is 0.485 e. The number of aromatic nitrogens is 3. The minimum Gasteiger partial charge on any atom is -0.485 e. The molecule has 0 aliphatic heterocycles. The zero-order chi connectivity index (χ0) is 62.2. The van der Waals surface area contributed by atoms with Gasteiger partial charge in [0, 0.05) is 13.3 Å². The number of hydrogen-bond donors (Lipinski definition) is 9. The van der Waals surface area contributed by atoms with Crippen LogP contribution in [0.4, 0.5) is 52.7 Å². The molecule has 450 valence electrons. The standard InChI is InChI=1S/C47H46F12N12O12/c1-16(2)9-21(43(60)76)67-44(77)17(3)64-47(80)24(15-82-35-30(50)39(56)70-40(57)31(35)51)66-27(75)13-62-25(73)11-61-26(74)12-63-45(78)23(14-81-34-28(48)37(54)69-38(55)29(34)49)68-46(79)22(65-18(4)72)10-19-5-7-20(8-6-19)83-36-32(52)41(58)71-42(59)33(36)53/h5-8,16-17,21-24H,9-15H2,1-4H3,(H2,60,76)(H,61,74)(H,62,73)(H,63,78)(H,64,80)(H,65,72)(H,66,75)(H,67,77)(H,68,79)/t17?,21-,22+,23?,24?/m0/s1. The number of benzene rings is 1. The van der Waals surface area contributed by atoms with E-state index >= 15 is 0 Å². The average molecular weight is 1200 g/mol. The van der Waals surface area contributed by atoms with E-state index < -0.39 is 216 Å². The van der Waals surface area contributed by atoms with Crippen molar-refractivity contribution in [2.45, 2.75) is 70.7 Å². The molecule has 0 aliphatic rings. The third-order valence-corrected chi connectivity index (χ3v) is 10.7. The molecule has 10 N–H and O–H groups in total. The number of halogens is 12. The Labute approximate surface area is 458 Å². The Hall–Kier alpha value is -9.54. The van der Waals surface area contributed by atoms with E-state index in [1.807, 2.05) is 26.6 Å². The van der Waals surface area contributed by atoms with Crippen LogP contribution in [-0.2, 0) is 49.6 Å². The maximum Gasteiger partial charge on any atom is 0.255 e. The monoisotopic (exact) mass is 1200 g/mol. The molecule has 0 fully saturated rings. The van der Waals surface area contributed by atoms with Crippen molar-refractivity contribution >= 4 is 53.2 Å². The Bertz CT molecular complexity index is 3060. The molecule has 36 heteroatoms.